The van der Waals surface area contributed by atoms with Crippen LogP contribution >= 0.6 is 11.6 Å². The molecule has 0 amide bonds. The third-order valence-electron chi connectivity index (χ3n) is 2.17. The topological polar surface area (TPSA) is 75.5 Å². The molecule has 0 radical (unpaired) electrons. The highest BCUT2D eigenvalue weighted by atomic mass is 35.5. The molecule has 16 heavy (non-hydrogen) atoms. The molecular formula is C9H10ClN3O3. The average Bonchev–Trinajstić information content (AvgIpc) is 2.29. The van der Waals surface area contributed by atoms with Crippen LogP contribution in [0, 0.1) is 0 Å². The first-order valence-corrected chi connectivity index (χ1v) is 5.17. The summed E-state index contributed by atoms with van der Waals surface area (Å²) in [5, 5.41) is 8.80. The van der Waals surface area contributed by atoms with Crippen molar-refractivity contribution >= 4 is 23.5 Å². The number of rotatable bonds is 2. The van der Waals surface area contributed by atoms with Crippen molar-refractivity contribution in [2.75, 3.05) is 24.6 Å². The fraction of sp³-hybridized carbons (Fsp3) is 0.444. The molecule has 1 aliphatic rings. The third kappa shape index (κ3) is 2.40. The van der Waals surface area contributed by atoms with E-state index in [0.717, 1.165) is 0 Å². The van der Waals surface area contributed by atoms with E-state index < -0.39 is 11.5 Å². The molecule has 6 nitrogen and oxygen atoms in total. The van der Waals surface area contributed by atoms with Gasteiger partial charge in [-0.25, -0.2) is 14.8 Å². The molecule has 1 saturated heterocycles. The predicted molar refractivity (Wildman–Crippen MR) is 56.8 cm³/mol. The van der Waals surface area contributed by atoms with Gasteiger partial charge in [-0.1, -0.05) is 11.6 Å². The number of nitrogens with zero attached hydrogens (tertiary/aromatic N) is 3. The first kappa shape index (κ1) is 11.1. The number of carbonyl (C=O) groups is 1. The first-order valence-electron chi connectivity index (χ1n) is 4.74. The van der Waals surface area contributed by atoms with Crippen LogP contribution in [-0.2, 0) is 4.74 Å². The number of anilines is 1. The van der Waals surface area contributed by atoms with Crippen LogP contribution < -0.4 is 4.90 Å². The van der Waals surface area contributed by atoms with Gasteiger partial charge in [0.1, 0.15) is 5.56 Å². The molecule has 0 aliphatic carbocycles. The predicted octanol–water partition coefficient (Wildman–Crippen LogP) is 0.576. The Morgan fingerprint density at radius 2 is 2.50 bits per heavy atom. The summed E-state index contributed by atoms with van der Waals surface area (Å²) in [6, 6.07) is 1.35. The minimum absolute atomic E-state index is 0.0254. The first-order chi connectivity index (χ1) is 7.66. The monoisotopic (exact) mass is 243 g/mol. The third-order valence-corrected chi connectivity index (χ3v) is 2.43. The number of ether oxygens (including phenoxy) is 1. The number of aromatic nitrogens is 2. The summed E-state index contributed by atoms with van der Waals surface area (Å²) in [4.78, 5) is 20.5. The SMILES string of the molecule is O=C(O)c1ccnc(N2CCOC(Cl)C2)n1. The number of alkyl halides is 1. The van der Waals surface area contributed by atoms with E-state index in [-0.39, 0.29) is 5.69 Å². The molecule has 1 fully saturated rings. The maximum atomic E-state index is 10.7. The number of carboxylic acid groups (broad SMARTS) is 1. The van der Waals surface area contributed by atoms with Crippen LogP contribution in [-0.4, -0.2) is 46.3 Å². The molecule has 1 aromatic rings. The zero-order valence-electron chi connectivity index (χ0n) is 8.34. The lowest BCUT2D eigenvalue weighted by molar-refractivity contribution is 0.0690. The maximum Gasteiger partial charge on any atom is 0.354 e. The summed E-state index contributed by atoms with van der Waals surface area (Å²) in [6.07, 6.45) is 1.42. The van der Waals surface area contributed by atoms with Gasteiger partial charge < -0.3 is 14.7 Å². The average molecular weight is 244 g/mol. The minimum Gasteiger partial charge on any atom is -0.477 e. The molecule has 0 spiro atoms. The molecule has 1 N–H and O–H groups in total. The van der Waals surface area contributed by atoms with Crippen LogP contribution in [0.3, 0.4) is 0 Å². The smallest absolute Gasteiger partial charge is 0.354 e. The van der Waals surface area contributed by atoms with E-state index in [0.29, 0.717) is 25.6 Å². The summed E-state index contributed by atoms with van der Waals surface area (Å²) in [7, 11) is 0. The highest BCUT2D eigenvalue weighted by Crippen LogP contribution is 2.14. The fourth-order valence-electron chi connectivity index (χ4n) is 1.41. The van der Waals surface area contributed by atoms with Gasteiger partial charge in [0.25, 0.3) is 0 Å². The Bertz CT molecular complexity index is 401. The van der Waals surface area contributed by atoms with E-state index >= 15 is 0 Å². The molecule has 2 rings (SSSR count). The molecule has 0 aromatic carbocycles. The van der Waals surface area contributed by atoms with Crippen molar-refractivity contribution in [1.82, 2.24) is 9.97 Å². The van der Waals surface area contributed by atoms with E-state index in [1.165, 1.54) is 12.3 Å². The van der Waals surface area contributed by atoms with Gasteiger partial charge in [-0.15, -0.1) is 0 Å². The Labute approximate surface area is 96.8 Å². The lowest BCUT2D eigenvalue weighted by Crippen LogP contribution is -2.41. The number of aromatic carboxylic acids is 1. The van der Waals surface area contributed by atoms with Crippen LogP contribution in [0.1, 0.15) is 10.5 Å². The minimum atomic E-state index is -1.07. The van der Waals surface area contributed by atoms with E-state index in [2.05, 4.69) is 9.97 Å². The summed E-state index contributed by atoms with van der Waals surface area (Å²) in [5.41, 5.74) is -0.437. The van der Waals surface area contributed by atoms with Crippen molar-refractivity contribution in [2.45, 2.75) is 5.56 Å². The Morgan fingerprint density at radius 1 is 1.69 bits per heavy atom. The van der Waals surface area contributed by atoms with Crippen molar-refractivity contribution in [3.05, 3.63) is 18.0 Å². The standard InChI is InChI=1S/C9H10ClN3O3/c10-7-5-13(3-4-16-7)9-11-2-1-6(12-9)8(14)15/h1-2,7H,3-5H2,(H,14,15). The Hall–Kier alpha value is -1.40. The number of carboxylic acids is 1. The highest BCUT2D eigenvalue weighted by molar-refractivity contribution is 6.20. The van der Waals surface area contributed by atoms with Gasteiger partial charge in [0, 0.05) is 12.7 Å². The van der Waals surface area contributed by atoms with Crippen LogP contribution in [0.2, 0.25) is 0 Å². The second kappa shape index (κ2) is 4.63. The van der Waals surface area contributed by atoms with Crippen molar-refractivity contribution in [1.29, 1.82) is 0 Å². The molecule has 1 unspecified atom stereocenters. The summed E-state index contributed by atoms with van der Waals surface area (Å²) in [6.45, 7) is 1.53. The molecule has 1 aliphatic heterocycles. The number of morpholine rings is 1. The fourth-order valence-corrected chi connectivity index (χ4v) is 1.67. The van der Waals surface area contributed by atoms with E-state index in [1.807, 2.05) is 0 Å². The molecular weight excluding hydrogens is 234 g/mol. The summed E-state index contributed by atoms with van der Waals surface area (Å²) >= 11 is 5.83. The van der Waals surface area contributed by atoms with Gasteiger partial charge in [0.15, 0.2) is 5.69 Å². The van der Waals surface area contributed by atoms with Crippen LogP contribution in [0.15, 0.2) is 12.3 Å². The molecule has 1 aromatic heterocycles. The molecule has 2 heterocycles. The van der Waals surface area contributed by atoms with Crippen molar-refractivity contribution < 1.29 is 14.6 Å². The number of halogens is 1. The largest absolute Gasteiger partial charge is 0.477 e. The lowest BCUT2D eigenvalue weighted by atomic mass is 10.4. The van der Waals surface area contributed by atoms with E-state index in [1.54, 1.807) is 4.90 Å². The van der Waals surface area contributed by atoms with Gasteiger partial charge in [0.2, 0.25) is 5.95 Å². The Morgan fingerprint density at radius 3 is 3.19 bits per heavy atom. The van der Waals surface area contributed by atoms with Crippen molar-refractivity contribution in [3.63, 3.8) is 0 Å². The highest BCUT2D eigenvalue weighted by Gasteiger charge is 2.21. The maximum absolute atomic E-state index is 10.7. The van der Waals surface area contributed by atoms with Gasteiger partial charge in [0.05, 0.1) is 13.2 Å². The second-order valence-corrected chi connectivity index (χ2v) is 3.76. The van der Waals surface area contributed by atoms with Gasteiger partial charge >= 0.3 is 5.97 Å². The number of hydrogen-bond donors (Lipinski definition) is 1. The van der Waals surface area contributed by atoms with Crippen LogP contribution in [0.4, 0.5) is 5.95 Å². The second-order valence-electron chi connectivity index (χ2n) is 3.27. The molecule has 1 atom stereocenters. The summed E-state index contributed by atoms with van der Waals surface area (Å²) in [5.74, 6) is -0.701. The van der Waals surface area contributed by atoms with Crippen LogP contribution in [0.5, 0.6) is 0 Å². The lowest BCUT2D eigenvalue weighted by Gasteiger charge is -2.29. The Balaban J connectivity index is 2.19. The van der Waals surface area contributed by atoms with Gasteiger partial charge in [-0.2, -0.15) is 0 Å². The quantitative estimate of drug-likeness (QED) is 0.766. The zero-order chi connectivity index (χ0) is 11.5. The zero-order valence-corrected chi connectivity index (χ0v) is 9.09. The molecule has 86 valence electrons. The summed E-state index contributed by atoms with van der Waals surface area (Å²) < 4.78 is 5.16. The van der Waals surface area contributed by atoms with Gasteiger partial charge in [-0.05, 0) is 6.07 Å². The van der Waals surface area contributed by atoms with E-state index in [4.69, 9.17) is 21.4 Å². The van der Waals surface area contributed by atoms with E-state index in [9.17, 15) is 4.79 Å². The molecule has 0 bridgehead atoms. The number of hydrogen-bond acceptors (Lipinski definition) is 5. The van der Waals surface area contributed by atoms with Crippen molar-refractivity contribution in [2.24, 2.45) is 0 Å². The van der Waals surface area contributed by atoms with Crippen LogP contribution in [0.25, 0.3) is 0 Å². The van der Waals surface area contributed by atoms with Crippen molar-refractivity contribution in [3.8, 4) is 0 Å². The molecule has 0 saturated carbocycles. The van der Waals surface area contributed by atoms with Gasteiger partial charge in [-0.3, -0.25) is 0 Å². The molecule has 7 heteroatoms. The Kier molecular flexibility index (Phi) is 3.21. The normalized spacial score (nSPS) is 20.8.